The molecule has 0 aliphatic rings. The van der Waals surface area contributed by atoms with Crippen molar-refractivity contribution < 1.29 is 4.79 Å². The molecule has 1 N–H and O–H groups in total. The number of hydrogen-bond donors (Lipinski definition) is 1. The van der Waals surface area contributed by atoms with Crippen molar-refractivity contribution in [3.63, 3.8) is 0 Å². The van der Waals surface area contributed by atoms with Crippen LogP contribution in [0.15, 0.2) is 24.3 Å². The quantitative estimate of drug-likeness (QED) is 0.743. The lowest BCUT2D eigenvalue weighted by Crippen LogP contribution is -2.21. The third-order valence-corrected chi connectivity index (χ3v) is 1.83. The van der Waals surface area contributed by atoms with Crippen LogP contribution in [0.1, 0.15) is 10.4 Å². The highest BCUT2D eigenvalue weighted by Crippen LogP contribution is 2.09. The van der Waals surface area contributed by atoms with Crippen LogP contribution in [-0.4, -0.2) is 32.0 Å². The van der Waals surface area contributed by atoms with Crippen LogP contribution in [0.25, 0.3) is 0 Å². The minimum Gasteiger partial charge on any atom is -0.388 e. The van der Waals surface area contributed by atoms with Crippen LogP contribution in [0, 0.1) is 0 Å². The van der Waals surface area contributed by atoms with Crippen molar-refractivity contribution in [2.75, 3.05) is 26.5 Å². The predicted octanol–water partition coefficient (Wildman–Crippen LogP) is 1.43. The Balaban J connectivity index is 2.86. The van der Waals surface area contributed by atoms with Gasteiger partial charge in [-0.15, -0.1) is 0 Å². The van der Waals surface area contributed by atoms with Crippen LogP contribution in [0.2, 0.25) is 0 Å². The monoisotopic (exact) mass is 178 g/mol. The van der Waals surface area contributed by atoms with Gasteiger partial charge in [0, 0.05) is 32.4 Å². The normalized spacial score (nSPS) is 9.46. The number of amides is 1. The maximum Gasteiger partial charge on any atom is 0.253 e. The Labute approximate surface area is 78.4 Å². The van der Waals surface area contributed by atoms with Gasteiger partial charge >= 0.3 is 0 Å². The van der Waals surface area contributed by atoms with Crippen molar-refractivity contribution in [3.8, 4) is 0 Å². The van der Waals surface area contributed by atoms with E-state index < -0.39 is 0 Å². The highest BCUT2D eigenvalue weighted by Gasteiger charge is 2.06. The van der Waals surface area contributed by atoms with E-state index in [2.05, 4.69) is 5.32 Å². The van der Waals surface area contributed by atoms with Crippen LogP contribution in [0.5, 0.6) is 0 Å². The summed E-state index contributed by atoms with van der Waals surface area (Å²) < 4.78 is 0. The average molecular weight is 178 g/mol. The number of rotatable bonds is 2. The molecule has 0 saturated heterocycles. The van der Waals surface area contributed by atoms with E-state index in [1.54, 1.807) is 19.0 Å². The Morgan fingerprint density at radius 2 is 1.77 bits per heavy atom. The Morgan fingerprint density at radius 1 is 1.23 bits per heavy atom. The van der Waals surface area contributed by atoms with Gasteiger partial charge in [-0.2, -0.15) is 0 Å². The lowest BCUT2D eigenvalue weighted by Gasteiger charge is -2.10. The lowest BCUT2D eigenvalue weighted by molar-refractivity contribution is 0.0827. The third-order valence-electron chi connectivity index (χ3n) is 1.83. The van der Waals surface area contributed by atoms with Crippen molar-refractivity contribution >= 4 is 11.6 Å². The van der Waals surface area contributed by atoms with Crippen molar-refractivity contribution in [2.24, 2.45) is 0 Å². The van der Waals surface area contributed by atoms with Gasteiger partial charge in [-0.1, -0.05) is 0 Å². The lowest BCUT2D eigenvalue weighted by atomic mass is 10.2. The number of anilines is 1. The molecule has 0 aromatic heterocycles. The molecule has 1 rings (SSSR count). The van der Waals surface area contributed by atoms with Gasteiger partial charge in [-0.25, -0.2) is 0 Å². The van der Waals surface area contributed by atoms with Gasteiger partial charge < -0.3 is 10.2 Å². The van der Waals surface area contributed by atoms with Gasteiger partial charge in [0.1, 0.15) is 0 Å². The van der Waals surface area contributed by atoms with Gasteiger partial charge in [0.05, 0.1) is 0 Å². The number of hydrogen-bond acceptors (Lipinski definition) is 2. The molecule has 0 heterocycles. The first kappa shape index (κ1) is 9.58. The van der Waals surface area contributed by atoms with Gasteiger partial charge in [0.15, 0.2) is 0 Å². The summed E-state index contributed by atoms with van der Waals surface area (Å²) in [6.07, 6.45) is 0. The van der Waals surface area contributed by atoms with Crippen LogP contribution >= 0.6 is 0 Å². The largest absolute Gasteiger partial charge is 0.388 e. The van der Waals surface area contributed by atoms with E-state index >= 15 is 0 Å². The fourth-order valence-electron chi connectivity index (χ4n) is 1.04. The standard InChI is InChI=1S/C10H14N2O/c1-11-9-6-4-8(5-7-9)10(13)12(2)3/h4-7,11H,1-3H3. The second-order valence-electron chi connectivity index (χ2n) is 3.03. The second-order valence-corrected chi connectivity index (χ2v) is 3.03. The molecule has 0 saturated carbocycles. The summed E-state index contributed by atoms with van der Waals surface area (Å²) in [7, 11) is 5.34. The average Bonchev–Trinajstić information content (AvgIpc) is 2.17. The highest BCUT2D eigenvalue weighted by molar-refractivity contribution is 5.94. The molecule has 1 aromatic carbocycles. The number of carbonyl (C=O) groups is 1. The Hall–Kier alpha value is -1.51. The summed E-state index contributed by atoms with van der Waals surface area (Å²) in [5.41, 5.74) is 1.72. The van der Waals surface area contributed by atoms with E-state index in [1.165, 1.54) is 0 Å². The van der Waals surface area contributed by atoms with E-state index in [-0.39, 0.29) is 5.91 Å². The second kappa shape index (κ2) is 3.94. The zero-order valence-electron chi connectivity index (χ0n) is 8.16. The molecule has 1 amide bonds. The zero-order chi connectivity index (χ0) is 9.84. The third kappa shape index (κ3) is 2.21. The summed E-state index contributed by atoms with van der Waals surface area (Å²) in [5, 5.41) is 3.00. The van der Waals surface area contributed by atoms with Crippen molar-refractivity contribution in [1.29, 1.82) is 0 Å². The molecule has 0 spiro atoms. The molecule has 0 radical (unpaired) electrons. The molecule has 0 atom stereocenters. The van der Waals surface area contributed by atoms with E-state index in [0.29, 0.717) is 5.56 Å². The number of nitrogens with one attached hydrogen (secondary N) is 1. The molecule has 0 aliphatic carbocycles. The minimum absolute atomic E-state index is 0.0302. The predicted molar refractivity (Wildman–Crippen MR) is 54.0 cm³/mol. The summed E-state index contributed by atoms with van der Waals surface area (Å²) in [6.45, 7) is 0. The molecule has 3 nitrogen and oxygen atoms in total. The van der Waals surface area contributed by atoms with E-state index in [4.69, 9.17) is 0 Å². The molecule has 0 aliphatic heterocycles. The Morgan fingerprint density at radius 3 is 2.15 bits per heavy atom. The molecule has 0 unspecified atom stereocenters. The van der Waals surface area contributed by atoms with Gasteiger partial charge in [-0.05, 0) is 24.3 Å². The SMILES string of the molecule is CNc1ccc(C(=O)N(C)C)cc1. The fourth-order valence-corrected chi connectivity index (χ4v) is 1.04. The fraction of sp³-hybridized carbons (Fsp3) is 0.300. The van der Waals surface area contributed by atoms with Gasteiger partial charge in [0.25, 0.3) is 5.91 Å². The first-order valence-electron chi connectivity index (χ1n) is 4.14. The molecule has 13 heavy (non-hydrogen) atoms. The maximum atomic E-state index is 11.4. The molecular formula is C10H14N2O. The molecule has 0 fully saturated rings. The topological polar surface area (TPSA) is 32.3 Å². The highest BCUT2D eigenvalue weighted by atomic mass is 16.2. The molecular weight excluding hydrogens is 164 g/mol. The molecule has 1 aromatic rings. The van der Waals surface area contributed by atoms with Crippen molar-refractivity contribution in [2.45, 2.75) is 0 Å². The number of nitrogens with zero attached hydrogens (tertiary/aromatic N) is 1. The number of benzene rings is 1. The first-order valence-corrected chi connectivity index (χ1v) is 4.14. The van der Waals surface area contributed by atoms with Crippen LogP contribution < -0.4 is 5.32 Å². The van der Waals surface area contributed by atoms with E-state index in [9.17, 15) is 4.79 Å². The van der Waals surface area contributed by atoms with Gasteiger partial charge in [-0.3, -0.25) is 4.79 Å². The Bertz CT molecular complexity index is 290. The Kier molecular flexibility index (Phi) is 2.90. The minimum atomic E-state index is 0.0302. The van der Waals surface area contributed by atoms with Crippen molar-refractivity contribution in [3.05, 3.63) is 29.8 Å². The van der Waals surface area contributed by atoms with Crippen LogP contribution in [0.4, 0.5) is 5.69 Å². The first-order chi connectivity index (χ1) is 6.15. The molecule has 3 heteroatoms. The smallest absolute Gasteiger partial charge is 0.253 e. The van der Waals surface area contributed by atoms with Gasteiger partial charge in [0.2, 0.25) is 0 Å². The summed E-state index contributed by atoms with van der Waals surface area (Å²) >= 11 is 0. The van der Waals surface area contributed by atoms with Crippen molar-refractivity contribution in [1.82, 2.24) is 4.90 Å². The molecule has 70 valence electrons. The summed E-state index contributed by atoms with van der Waals surface area (Å²) in [4.78, 5) is 13.0. The number of carbonyl (C=O) groups excluding carboxylic acids is 1. The zero-order valence-corrected chi connectivity index (χ0v) is 8.16. The van der Waals surface area contributed by atoms with E-state index in [0.717, 1.165) is 5.69 Å². The van der Waals surface area contributed by atoms with E-state index in [1.807, 2.05) is 31.3 Å². The van der Waals surface area contributed by atoms with Crippen LogP contribution in [-0.2, 0) is 0 Å². The summed E-state index contributed by atoms with van der Waals surface area (Å²) in [5.74, 6) is 0.0302. The van der Waals surface area contributed by atoms with Crippen LogP contribution in [0.3, 0.4) is 0 Å². The molecule has 0 bridgehead atoms. The maximum absolute atomic E-state index is 11.4. The summed E-state index contributed by atoms with van der Waals surface area (Å²) in [6, 6.07) is 7.40.